The molecular weight excluding hydrogens is 379 g/mol. The van der Waals surface area contributed by atoms with Crippen molar-refractivity contribution in [1.29, 1.82) is 0 Å². The van der Waals surface area contributed by atoms with E-state index >= 15 is 0 Å². The molecule has 0 aromatic heterocycles. The lowest BCUT2D eigenvalue weighted by Gasteiger charge is -2.30. The summed E-state index contributed by atoms with van der Waals surface area (Å²) in [6, 6.07) is 11.2. The van der Waals surface area contributed by atoms with E-state index in [1.54, 1.807) is 12.1 Å². The van der Waals surface area contributed by atoms with E-state index in [0.29, 0.717) is 0 Å². The Morgan fingerprint density at radius 1 is 1.00 bits per heavy atom. The molecule has 0 spiro atoms. The Morgan fingerprint density at radius 2 is 1.73 bits per heavy atom. The molecule has 2 aliphatic rings. The van der Waals surface area contributed by atoms with Crippen LogP contribution in [0.3, 0.4) is 0 Å². The number of methoxy groups -OCH3 is 1. The fourth-order valence-corrected chi connectivity index (χ4v) is 4.67. The third-order valence-electron chi connectivity index (χ3n) is 6.85. The van der Waals surface area contributed by atoms with Crippen molar-refractivity contribution in [3.05, 3.63) is 53.3 Å². The molecule has 0 unspecified atom stereocenters. The topological polar surface area (TPSA) is 35.5 Å². The summed E-state index contributed by atoms with van der Waals surface area (Å²) in [5, 5.41) is 0. The van der Waals surface area contributed by atoms with Gasteiger partial charge in [-0.05, 0) is 93.2 Å². The number of halogens is 1. The van der Waals surface area contributed by atoms with Gasteiger partial charge in [0.15, 0.2) is 0 Å². The van der Waals surface area contributed by atoms with Crippen LogP contribution in [-0.2, 0) is 14.9 Å². The summed E-state index contributed by atoms with van der Waals surface area (Å²) >= 11 is 0. The SMILES string of the molecule is COC(=O)C(C)(C)c1ccc(OC2CCCC2)c(-c2cccc(F)c2C2CCC2)c1. The fourth-order valence-electron chi connectivity index (χ4n) is 4.67. The molecule has 3 nitrogen and oxygen atoms in total. The minimum atomic E-state index is -0.806. The number of carbonyl (C=O) groups is 1. The van der Waals surface area contributed by atoms with Gasteiger partial charge in [-0.15, -0.1) is 0 Å². The summed E-state index contributed by atoms with van der Waals surface area (Å²) in [5.74, 6) is 0.577. The molecule has 2 fully saturated rings. The van der Waals surface area contributed by atoms with E-state index in [1.165, 1.54) is 20.0 Å². The van der Waals surface area contributed by atoms with Crippen LogP contribution in [0.2, 0.25) is 0 Å². The zero-order valence-corrected chi connectivity index (χ0v) is 18.2. The Hall–Kier alpha value is -2.36. The monoisotopic (exact) mass is 410 g/mol. The van der Waals surface area contributed by atoms with Gasteiger partial charge >= 0.3 is 5.97 Å². The molecule has 30 heavy (non-hydrogen) atoms. The van der Waals surface area contributed by atoms with Crippen molar-refractivity contribution >= 4 is 5.97 Å². The van der Waals surface area contributed by atoms with Crippen molar-refractivity contribution in [3.63, 3.8) is 0 Å². The third-order valence-corrected chi connectivity index (χ3v) is 6.85. The zero-order valence-electron chi connectivity index (χ0n) is 18.2. The molecule has 2 aromatic carbocycles. The molecule has 0 aliphatic heterocycles. The van der Waals surface area contributed by atoms with Crippen LogP contribution in [0.15, 0.2) is 36.4 Å². The minimum Gasteiger partial charge on any atom is -0.490 e. The first-order valence-electron chi connectivity index (χ1n) is 11.1. The van der Waals surface area contributed by atoms with Crippen molar-refractivity contribution in [2.24, 2.45) is 0 Å². The Kier molecular flexibility index (Phi) is 5.86. The maximum atomic E-state index is 14.9. The number of ether oxygens (including phenoxy) is 2. The van der Waals surface area contributed by atoms with Crippen molar-refractivity contribution in [1.82, 2.24) is 0 Å². The van der Waals surface area contributed by atoms with E-state index in [1.807, 2.05) is 38.1 Å². The second-order valence-corrected chi connectivity index (χ2v) is 9.18. The number of rotatable bonds is 6. The normalized spacial score (nSPS) is 17.6. The van der Waals surface area contributed by atoms with Gasteiger partial charge in [0, 0.05) is 5.56 Å². The van der Waals surface area contributed by atoms with Gasteiger partial charge in [-0.3, -0.25) is 4.79 Å². The second-order valence-electron chi connectivity index (χ2n) is 9.18. The Labute approximate surface area is 178 Å². The first kappa shape index (κ1) is 20.9. The molecule has 2 saturated carbocycles. The van der Waals surface area contributed by atoms with Crippen LogP contribution >= 0.6 is 0 Å². The van der Waals surface area contributed by atoms with Gasteiger partial charge in [-0.25, -0.2) is 4.39 Å². The van der Waals surface area contributed by atoms with Crippen molar-refractivity contribution in [2.45, 2.75) is 76.2 Å². The van der Waals surface area contributed by atoms with Crippen molar-refractivity contribution < 1.29 is 18.7 Å². The fraction of sp³-hybridized carbons (Fsp3) is 0.500. The van der Waals surface area contributed by atoms with E-state index < -0.39 is 5.41 Å². The second kappa shape index (κ2) is 8.41. The number of carbonyl (C=O) groups excluding carboxylic acids is 1. The van der Waals surface area contributed by atoms with Crippen LogP contribution in [0, 0.1) is 5.82 Å². The molecule has 0 saturated heterocycles. The third kappa shape index (κ3) is 3.84. The minimum absolute atomic E-state index is 0.151. The van der Waals surface area contributed by atoms with Gasteiger partial charge in [-0.1, -0.05) is 24.6 Å². The molecule has 0 bridgehead atoms. The van der Waals surface area contributed by atoms with E-state index in [2.05, 4.69) is 0 Å². The highest BCUT2D eigenvalue weighted by Crippen LogP contribution is 2.46. The van der Waals surface area contributed by atoms with Gasteiger partial charge in [0.25, 0.3) is 0 Å². The Bertz CT molecular complexity index is 924. The van der Waals surface area contributed by atoms with E-state index in [0.717, 1.165) is 60.1 Å². The summed E-state index contributed by atoms with van der Waals surface area (Å²) in [4.78, 5) is 12.4. The predicted molar refractivity (Wildman–Crippen MR) is 116 cm³/mol. The zero-order chi connectivity index (χ0) is 21.3. The molecule has 160 valence electrons. The van der Waals surface area contributed by atoms with E-state index in [-0.39, 0.29) is 23.8 Å². The van der Waals surface area contributed by atoms with Crippen LogP contribution in [0.25, 0.3) is 11.1 Å². The van der Waals surface area contributed by atoms with Crippen molar-refractivity contribution in [2.75, 3.05) is 7.11 Å². The average Bonchev–Trinajstić information content (AvgIpc) is 3.21. The van der Waals surface area contributed by atoms with Crippen LogP contribution in [0.5, 0.6) is 5.75 Å². The van der Waals surface area contributed by atoms with Gasteiger partial charge in [0.1, 0.15) is 11.6 Å². The molecule has 2 aromatic rings. The quantitative estimate of drug-likeness (QED) is 0.508. The van der Waals surface area contributed by atoms with Crippen LogP contribution in [-0.4, -0.2) is 19.2 Å². The molecule has 0 heterocycles. The molecule has 0 N–H and O–H groups in total. The molecule has 0 radical (unpaired) electrons. The van der Waals surface area contributed by atoms with Crippen LogP contribution in [0.1, 0.15) is 75.8 Å². The highest BCUT2D eigenvalue weighted by atomic mass is 19.1. The standard InChI is InChI=1S/C26H31FO3/c1-26(2,25(28)29-3)18-14-15-23(30-19-10-4-5-11-19)21(16-18)20-12-7-13-22(27)24(20)17-8-6-9-17/h7,12-17,19H,4-6,8-11H2,1-3H3. The number of benzene rings is 2. The molecule has 0 amide bonds. The maximum Gasteiger partial charge on any atom is 0.315 e. The number of hydrogen-bond acceptors (Lipinski definition) is 3. The lowest BCUT2D eigenvalue weighted by Crippen LogP contribution is -2.30. The van der Waals surface area contributed by atoms with Crippen LogP contribution in [0.4, 0.5) is 4.39 Å². The Balaban J connectivity index is 1.84. The summed E-state index contributed by atoms with van der Waals surface area (Å²) in [7, 11) is 1.41. The van der Waals surface area contributed by atoms with Gasteiger partial charge in [0.2, 0.25) is 0 Å². The highest BCUT2D eigenvalue weighted by Gasteiger charge is 2.33. The van der Waals surface area contributed by atoms with Gasteiger partial charge < -0.3 is 9.47 Å². The summed E-state index contributed by atoms with van der Waals surface area (Å²) < 4.78 is 26.4. The molecule has 2 aliphatic carbocycles. The molecule has 4 rings (SSSR count). The van der Waals surface area contributed by atoms with E-state index in [4.69, 9.17) is 9.47 Å². The number of esters is 1. The summed E-state index contributed by atoms with van der Waals surface area (Å²) in [6.45, 7) is 3.71. The lowest BCUT2D eigenvalue weighted by atomic mass is 9.76. The smallest absolute Gasteiger partial charge is 0.315 e. The van der Waals surface area contributed by atoms with E-state index in [9.17, 15) is 9.18 Å². The first-order chi connectivity index (χ1) is 14.4. The molecular formula is C26H31FO3. The largest absolute Gasteiger partial charge is 0.490 e. The summed E-state index contributed by atoms with van der Waals surface area (Å²) in [5.41, 5.74) is 2.58. The lowest BCUT2D eigenvalue weighted by molar-refractivity contribution is -0.146. The predicted octanol–water partition coefficient (Wildman–Crippen LogP) is 6.53. The summed E-state index contributed by atoms with van der Waals surface area (Å²) in [6.07, 6.45) is 7.82. The average molecular weight is 411 g/mol. The number of hydrogen-bond donors (Lipinski definition) is 0. The van der Waals surface area contributed by atoms with Gasteiger partial charge in [0.05, 0.1) is 18.6 Å². The maximum absolute atomic E-state index is 14.9. The highest BCUT2D eigenvalue weighted by molar-refractivity contribution is 5.84. The molecule has 0 atom stereocenters. The Morgan fingerprint density at radius 3 is 2.37 bits per heavy atom. The van der Waals surface area contributed by atoms with Crippen LogP contribution < -0.4 is 4.74 Å². The first-order valence-corrected chi connectivity index (χ1v) is 11.1. The van der Waals surface area contributed by atoms with Crippen molar-refractivity contribution in [3.8, 4) is 16.9 Å². The van der Waals surface area contributed by atoms with Gasteiger partial charge in [-0.2, -0.15) is 0 Å². The molecule has 4 heteroatoms.